The zero-order valence-electron chi connectivity index (χ0n) is 13.9. The molecule has 1 aromatic heterocycles. The zero-order valence-corrected chi connectivity index (χ0v) is 13.9. The van der Waals surface area contributed by atoms with Crippen LogP contribution in [0.5, 0.6) is 0 Å². The number of rotatable bonds is 7. The molecule has 1 saturated heterocycles. The summed E-state index contributed by atoms with van der Waals surface area (Å²) < 4.78 is 0. The summed E-state index contributed by atoms with van der Waals surface area (Å²) in [6, 6.07) is 6.19. The molecule has 0 aromatic carbocycles. The van der Waals surface area contributed by atoms with Crippen LogP contribution in [0.2, 0.25) is 0 Å². The van der Waals surface area contributed by atoms with Crippen LogP contribution >= 0.6 is 0 Å². The van der Waals surface area contributed by atoms with Gasteiger partial charge in [-0.05, 0) is 50.4 Å². The highest BCUT2D eigenvalue weighted by Crippen LogP contribution is 2.19. The second-order valence-corrected chi connectivity index (χ2v) is 6.07. The maximum absolute atomic E-state index is 12.8. The zero-order chi connectivity index (χ0) is 16.5. The minimum atomic E-state index is 0.0832. The van der Waals surface area contributed by atoms with E-state index in [0.717, 1.165) is 52.0 Å². The van der Waals surface area contributed by atoms with Gasteiger partial charge in [-0.1, -0.05) is 0 Å². The maximum atomic E-state index is 12.8. The molecular weight excluding hydrogens is 288 g/mol. The van der Waals surface area contributed by atoms with E-state index in [4.69, 9.17) is 5.26 Å². The summed E-state index contributed by atoms with van der Waals surface area (Å²) in [5.74, 6) is 0.350. The number of likely N-dealkylation sites (tertiary alicyclic amines) is 1. The van der Waals surface area contributed by atoms with Crippen molar-refractivity contribution < 1.29 is 4.79 Å². The minimum absolute atomic E-state index is 0.0832. The van der Waals surface area contributed by atoms with Crippen LogP contribution in [0.15, 0.2) is 24.5 Å². The van der Waals surface area contributed by atoms with E-state index >= 15 is 0 Å². The molecule has 1 amide bonds. The molecule has 1 unspecified atom stereocenters. The summed E-state index contributed by atoms with van der Waals surface area (Å²) in [4.78, 5) is 21.0. The normalized spacial score (nSPS) is 18.3. The smallest absolute Gasteiger partial charge is 0.226 e. The fourth-order valence-corrected chi connectivity index (χ4v) is 3.16. The van der Waals surface area contributed by atoms with Crippen molar-refractivity contribution in [3.05, 3.63) is 30.1 Å². The van der Waals surface area contributed by atoms with Crippen LogP contribution in [0, 0.1) is 17.2 Å². The first kappa shape index (κ1) is 17.4. The van der Waals surface area contributed by atoms with Crippen molar-refractivity contribution in [2.75, 3.05) is 32.7 Å². The van der Waals surface area contributed by atoms with Gasteiger partial charge in [0.15, 0.2) is 0 Å². The number of amides is 1. The molecule has 1 aliphatic rings. The SMILES string of the molecule is CCN(CCc1ccncc1)C(=O)C1CCCN(CCC#N)C1. The number of hydrogen-bond acceptors (Lipinski definition) is 4. The van der Waals surface area contributed by atoms with Gasteiger partial charge in [-0.2, -0.15) is 5.26 Å². The standard InChI is InChI=1S/C18H26N4O/c1-2-22(14-8-16-6-10-20-11-7-16)18(23)17-5-3-12-21(15-17)13-4-9-19/h6-7,10-11,17H,2-5,8,12-15H2,1H3. The van der Waals surface area contributed by atoms with E-state index in [9.17, 15) is 4.79 Å². The van der Waals surface area contributed by atoms with E-state index in [1.54, 1.807) is 12.4 Å². The van der Waals surface area contributed by atoms with Crippen molar-refractivity contribution >= 4 is 5.91 Å². The summed E-state index contributed by atoms with van der Waals surface area (Å²) in [5.41, 5.74) is 1.21. The quantitative estimate of drug-likeness (QED) is 0.773. The Bertz CT molecular complexity index is 526. The topological polar surface area (TPSA) is 60.2 Å². The number of aromatic nitrogens is 1. The van der Waals surface area contributed by atoms with Gasteiger partial charge in [0.25, 0.3) is 0 Å². The Labute approximate surface area is 138 Å². The molecule has 1 fully saturated rings. The van der Waals surface area contributed by atoms with Crippen LogP contribution in [0.3, 0.4) is 0 Å². The molecule has 0 saturated carbocycles. The van der Waals surface area contributed by atoms with Gasteiger partial charge in [-0.3, -0.25) is 9.78 Å². The fourth-order valence-electron chi connectivity index (χ4n) is 3.16. The van der Waals surface area contributed by atoms with E-state index in [0.29, 0.717) is 6.42 Å². The Hall–Kier alpha value is -1.93. The molecule has 2 heterocycles. The summed E-state index contributed by atoms with van der Waals surface area (Å²) in [6.45, 7) is 6.14. The molecule has 0 radical (unpaired) electrons. The highest BCUT2D eigenvalue weighted by molar-refractivity contribution is 5.79. The molecule has 1 atom stereocenters. The number of carbonyl (C=O) groups is 1. The Morgan fingerprint density at radius 3 is 2.96 bits per heavy atom. The lowest BCUT2D eigenvalue weighted by Crippen LogP contribution is -2.45. The second kappa shape index (κ2) is 9.26. The average molecular weight is 314 g/mol. The largest absolute Gasteiger partial charge is 0.342 e. The lowest BCUT2D eigenvalue weighted by Gasteiger charge is -2.34. The van der Waals surface area contributed by atoms with Crippen molar-refractivity contribution in [2.45, 2.75) is 32.6 Å². The number of nitriles is 1. The number of piperidine rings is 1. The Balaban J connectivity index is 1.87. The minimum Gasteiger partial charge on any atom is -0.342 e. The highest BCUT2D eigenvalue weighted by Gasteiger charge is 2.28. The van der Waals surface area contributed by atoms with Gasteiger partial charge in [-0.15, -0.1) is 0 Å². The molecule has 2 rings (SSSR count). The van der Waals surface area contributed by atoms with E-state index < -0.39 is 0 Å². The van der Waals surface area contributed by atoms with Gasteiger partial charge in [0, 0.05) is 45.0 Å². The van der Waals surface area contributed by atoms with Gasteiger partial charge in [0.05, 0.1) is 12.0 Å². The third-order valence-electron chi connectivity index (χ3n) is 4.51. The van der Waals surface area contributed by atoms with Gasteiger partial charge >= 0.3 is 0 Å². The van der Waals surface area contributed by atoms with E-state index in [1.165, 1.54) is 5.56 Å². The lowest BCUT2D eigenvalue weighted by atomic mass is 9.96. The van der Waals surface area contributed by atoms with Gasteiger partial charge in [0.2, 0.25) is 5.91 Å². The van der Waals surface area contributed by atoms with Crippen LogP contribution < -0.4 is 0 Å². The lowest BCUT2D eigenvalue weighted by molar-refractivity contribution is -0.137. The molecular formula is C18H26N4O. The molecule has 0 spiro atoms. The Morgan fingerprint density at radius 1 is 1.48 bits per heavy atom. The molecule has 1 aromatic rings. The molecule has 23 heavy (non-hydrogen) atoms. The number of likely N-dealkylation sites (N-methyl/N-ethyl adjacent to an activating group) is 1. The Morgan fingerprint density at radius 2 is 2.26 bits per heavy atom. The maximum Gasteiger partial charge on any atom is 0.226 e. The first-order valence-corrected chi connectivity index (χ1v) is 8.51. The van der Waals surface area contributed by atoms with Crippen molar-refractivity contribution in [1.82, 2.24) is 14.8 Å². The van der Waals surface area contributed by atoms with E-state index in [2.05, 4.69) is 16.0 Å². The number of pyridine rings is 1. The van der Waals surface area contributed by atoms with Crippen molar-refractivity contribution in [2.24, 2.45) is 5.92 Å². The van der Waals surface area contributed by atoms with Gasteiger partial charge in [0.1, 0.15) is 0 Å². The highest BCUT2D eigenvalue weighted by atomic mass is 16.2. The number of hydrogen-bond donors (Lipinski definition) is 0. The third-order valence-corrected chi connectivity index (χ3v) is 4.51. The average Bonchev–Trinajstić information content (AvgIpc) is 2.61. The summed E-state index contributed by atoms with van der Waals surface area (Å²) in [5, 5.41) is 8.72. The van der Waals surface area contributed by atoms with Crippen molar-refractivity contribution in [3.8, 4) is 6.07 Å². The van der Waals surface area contributed by atoms with Crippen LogP contribution in [-0.4, -0.2) is 53.4 Å². The van der Waals surface area contributed by atoms with Crippen LogP contribution in [-0.2, 0) is 11.2 Å². The van der Waals surface area contributed by atoms with E-state index in [-0.39, 0.29) is 11.8 Å². The molecule has 1 aliphatic heterocycles. The summed E-state index contributed by atoms with van der Waals surface area (Å²) in [6.07, 6.45) is 7.01. The monoisotopic (exact) mass is 314 g/mol. The molecule has 0 N–H and O–H groups in total. The summed E-state index contributed by atoms with van der Waals surface area (Å²) >= 11 is 0. The third kappa shape index (κ3) is 5.33. The molecule has 0 bridgehead atoms. The van der Waals surface area contributed by atoms with Crippen molar-refractivity contribution in [3.63, 3.8) is 0 Å². The number of nitrogens with zero attached hydrogens (tertiary/aromatic N) is 4. The predicted octanol–water partition coefficient (Wildman–Crippen LogP) is 2.10. The molecule has 5 nitrogen and oxygen atoms in total. The van der Waals surface area contributed by atoms with Crippen molar-refractivity contribution in [1.29, 1.82) is 5.26 Å². The molecule has 0 aliphatic carbocycles. The Kier molecular flexibility index (Phi) is 7.02. The van der Waals surface area contributed by atoms with Crippen LogP contribution in [0.1, 0.15) is 31.7 Å². The van der Waals surface area contributed by atoms with Crippen LogP contribution in [0.25, 0.3) is 0 Å². The van der Waals surface area contributed by atoms with E-state index in [1.807, 2.05) is 24.0 Å². The first-order chi connectivity index (χ1) is 11.2. The number of carbonyl (C=O) groups excluding carboxylic acids is 1. The first-order valence-electron chi connectivity index (χ1n) is 8.51. The fraction of sp³-hybridized carbons (Fsp3) is 0.611. The second-order valence-electron chi connectivity index (χ2n) is 6.07. The molecule has 124 valence electrons. The van der Waals surface area contributed by atoms with Gasteiger partial charge in [-0.25, -0.2) is 0 Å². The summed E-state index contributed by atoms with van der Waals surface area (Å²) in [7, 11) is 0. The molecule has 5 heteroatoms. The predicted molar refractivity (Wildman–Crippen MR) is 89.6 cm³/mol. The van der Waals surface area contributed by atoms with Gasteiger partial charge < -0.3 is 9.80 Å². The van der Waals surface area contributed by atoms with Crippen LogP contribution in [0.4, 0.5) is 0 Å².